The third-order valence-corrected chi connectivity index (χ3v) is 4.35. The average Bonchev–Trinajstić information content (AvgIpc) is 2.57. The molecule has 0 radical (unpaired) electrons. The number of carbonyl (C=O) groups excluding carboxylic acids is 4. The van der Waals surface area contributed by atoms with E-state index in [9.17, 15) is 19.2 Å². The van der Waals surface area contributed by atoms with Crippen LogP contribution in [0.1, 0.15) is 37.7 Å². The van der Waals surface area contributed by atoms with Crippen LogP contribution in [0.15, 0.2) is 43.0 Å². The Bertz CT molecular complexity index is 662. The van der Waals surface area contributed by atoms with Gasteiger partial charge in [0, 0.05) is 18.8 Å². The van der Waals surface area contributed by atoms with Gasteiger partial charge in [0.05, 0.1) is 0 Å². The number of ketones is 1. The summed E-state index contributed by atoms with van der Waals surface area (Å²) in [6, 6.07) is 8.07. The van der Waals surface area contributed by atoms with Crippen LogP contribution < -0.4 is 10.6 Å². The van der Waals surface area contributed by atoms with Gasteiger partial charge in [0.15, 0.2) is 0 Å². The molecule has 0 spiro atoms. The lowest BCUT2D eigenvalue weighted by Gasteiger charge is -2.39. The number of urea groups is 1. The molecule has 1 fully saturated rings. The van der Waals surface area contributed by atoms with E-state index in [4.69, 9.17) is 0 Å². The summed E-state index contributed by atoms with van der Waals surface area (Å²) < 4.78 is 0. The van der Waals surface area contributed by atoms with Crippen molar-refractivity contribution < 1.29 is 19.2 Å². The van der Waals surface area contributed by atoms with Crippen LogP contribution in [0.3, 0.4) is 0 Å². The first-order valence-corrected chi connectivity index (χ1v) is 7.80. The van der Waals surface area contributed by atoms with Crippen LogP contribution >= 0.6 is 0 Å². The van der Waals surface area contributed by atoms with Crippen LogP contribution in [-0.2, 0) is 14.4 Å². The fourth-order valence-corrected chi connectivity index (χ4v) is 3.07. The monoisotopic (exact) mass is 328 g/mol. The zero-order valence-electron chi connectivity index (χ0n) is 13.5. The molecule has 0 aromatic heterocycles. The molecule has 0 bridgehead atoms. The summed E-state index contributed by atoms with van der Waals surface area (Å²) in [4.78, 5) is 48.9. The number of imide groups is 2. The van der Waals surface area contributed by atoms with Crippen LogP contribution in [-0.4, -0.2) is 23.6 Å². The number of amides is 4. The van der Waals surface area contributed by atoms with Gasteiger partial charge < -0.3 is 0 Å². The Morgan fingerprint density at radius 1 is 1.17 bits per heavy atom. The SMILES string of the molecule is C=CCC1([C@@H](CC(=O)CC)c2ccccc2)C(=O)NC(=O)NC1=O. The number of rotatable bonds is 7. The topological polar surface area (TPSA) is 92.3 Å². The minimum absolute atomic E-state index is 0.0223. The molecule has 1 aromatic carbocycles. The second-order valence-corrected chi connectivity index (χ2v) is 5.76. The molecule has 2 rings (SSSR count). The quantitative estimate of drug-likeness (QED) is 0.592. The minimum atomic E-state index is -1.58. The third-order valence-electron chi connectivity index (χ3n) is 4.35. The number of hydrogen-bond acceptors (Lipinski definition) is 4. The van der Waals surface area contributed by atoms with E-state index < -0.39 is 29.2 Å². The second kappa shape index (κ2) is 7.21. The third kappa shape index (κ3) is 3.13. The number of benzene rings is 1. The Morgan fingerprint density at radius 3 is 2.25 bits per heavy atom. The predicted molar refractivity (Wildman–Crippen MR) is 88.0 cm³/mol. The summed E-state index contributed by atoms with van der Waals surface area (Å²) in [5.74, 6) is -2.15. The molecule has 126 valence electrons. The first kappa shape index (κ1) is 17.6. The molecule has 1 aliphatic rings. The number of Topliss-reactive ketones (excluding diaryl/α,β-unsaturated/α-hetero) is 1. The highest BCUT2D eigenvalue weighted by Gasteiger charge is 2.55. The number of barbiturate groups is 1. The average molecular weight is 328 g/mol. The molecule has 1 heterocycles. The Balaban J connectivity index is 2.59. The molecule has 1 aliphatic heterocycles. The van der Waals surface area contributed by atoms with E-state index in [1.165, 1.54) is 6.08 Å². The molecule has 1 saturated heterocycles. The highest BCUT2D eigenvalue weighted by atomic mass is 16.2. The summed E-state index contributed by atoms with van der Waals surface area (Å²) in [6.07, 6.45) is 1.81. The number of nitrogens with one attached hydrogen (secondary N) is 2. The zero-order chi connectivity index (χ0) is 17.7. The van der Waals surface area contributed by atoms with E-state index in [-0.39, 0.29) is 18.6 Å². The lowest BCUT2D eigenvalue weighted by atomic mass is 9.65. The summed E-state index contributed by atoms with van der Waals surface area (Å²) in [6.45, 7) is 5.36. The van der Waals surface area contributed by atoms with Crippen LogP contribution in [0.2, 0.25) is 0 Å². The summed E-state index contributed by atoms with van der Waals surface area (Å²) in [5.41, 5.74) is -0.886. The molecule has 0 saturated carbocycles. The maximum atomic E-state index is 12.7. The van der Waals surface area contributed by atoms with Gasteiger partial charge >= 0.3 is 6.03 Å². The molecule has 6 heteroatoms. The molecule has 1 aromatic rings. The van der Waals surface area contributed by atoms with Gasteiger partial charge in [0.25, 0.3) is 0 Å². The van der Waals surface area contributed by atoms with E-state index in [0.29, 0.717) is 12.0 Å². The van der Waals surface area contributed by atoms with Crippen LogP contribution in [0, 0.1) is 5.41 Å². The van der Waals surface area contributed by atoms with Crippen molar-refractivity contribution in [1.82, 2.24) is 10.6 Å². The van der Waals surface area contributed by atoms with Crippen LogP contribution in [0.5, 0.6) is 0 Å². The highest BCUT2D eigenvalue weighted by molar-refractivity contribution is 6.20. The molecule has 0 aliphatic carbocycles. The first-order valence-electron chi connectivity index (χ1n) is 7.80. The lowest BCUT2D eigenvalue weighted by Crippen LogP contribution is -2.64. The summed E-state index contributed by atoms with van der Waals surface area (Å²) in [7, 11) is 0. The zero-order valence-corrected chi connectivity index (χ0v) is 13.5. The molecule has 0 unspecified atom stereocenters. The first-order chi connectivity index (χ1) is 11.5. The van der Waals surface area contributed by atoms with Crippen molar-refractivity contribution in [2.45, 2.75) is 32.1 Å². The molecule has 4 amide bonds. The summed E-state index contributed by atoms with van der Waals surface area (Å²) in [5, 5.41) is 4.32. The number of hydrogen-bond donors (Lipinski definition) is 2. The van der Waals surface area contributed by atoms with E-state index in [0.717, 1.165) is 0 Å². The van der Waals surface area contributed by atoms with Gasteiger partial charge in [-0.15, -0.1) is 6.58 Å². The smallest absolute Gasteiger partial charge is 0.300 e. The van der Waals surface area contributed by atoms with Gasteiger partial charge in [-0.2, -0.15) is 0 Å². The molecule has 6 nitrogen and oxygen atoms in total. The fourth-order valence-electron chi connectivity index (χ4n) is 3.07. The summed E-state index contributed by atoms with van der Waals surface area (Å²) >= 11 is 0. The Morgan fingerprint density at radius 2 is 1.75 bits per heavy atom. The van der Waals surface area contributed by atoms with Gasteiger partial charge in [-0.1, -0.05) is 43.3 Å². The van der Waals surface area contributed by atoms with Crippen molar-refractivity contribution in [3.63, 3.8) is 0 Å². The van der Waals surface area contributed by atoms with Gasteiger partial charge in [-0.3, -0.25) is 25.0 Å². The highest BCUT2D eigenvalue weighted by Crippen LogP contribution is 2.44. The van der Waals surface area contributed by atoms with Gasteiger partial charge in [0.1, 0.15) is 11.2 Å². The number of carbonyl (C=O) groups is 4. The van der Waals surface area contributed by atoms with Crippen molar-refractivity contribution in [2.75, 3.05) is 0 Å². The van der Waals surface area contributed by atoms with E-state index in [1.54, 1.807) is 31.2 Å². The Labute approximate surface area is 140 Å². The van der Waals surface area contributed by atoms with Crippen molar-refractivity contribution in [3.05, 3.63) is 48.6 Å². The van der Waals surface area contributed by atoms with E-state index in [1.807, 2.05) is 6.07 Å². The van der Waals surface area contributed by atoms with Crippen molar-refractivity contribution in [2.24, 2.45) is 5.41 Å². The van der Waals surface area contributed by atoms with Gasteiger partial charge in [-0.05, 0) is 12.0 Å². The van der Waals surface area contributed by atoms with Crippen molar-refractivity contribution in [3.8, 4) is 0 Å². The number of allylic oxidation sites excluding steroid dienone is 1. The van der Waals surface area contributed by atoms with Gasteiger partial charge in [-0.25, -0.2) is 4.79 Å². The maximum absolute atomic E-state index is 12.7. The molecule has 2 N–H and O–H groups in total. The van der Waals surface area contributed by atoms with E-state index in [2.05, 4.69) is 17.2 Å². The standard InChI is InChI=1S/C18H20N2O4/c1-3-10-18(15(22)19-17(24)20-16(18)23)14(11-13(21)4-2)12-8-6-5-7-9-12/h3,5-9,14H,1,4,10-11H2,2H3,(H2,19,20,22,23,24)/t14-/m0/s1. The largest absolute Gasteiger partial charge is 0.328 e. The van der Waals surface area contributed by atoms with E-state index >= 15 is 0 Å². The molecule has 24 heavy (non-hydrogen) atoms. The molecular formula is C18H20N2O4. The fraction of sp³-hybridized carbons (Fsp3) is 0.333. The van der Waals surface area contributed by atoms with Crippen molar-refractivity contribution >= 4 is 23.6 Å². The molecular weight excluding hydrogens is 308 g/mol. The normalized spacial score (nSPS) is 17.6. The Kier molecular flexibility index (Phi) is 5.28. The second-order valence-electron chi connectivity index (χ2n) is 5.76. The lowest BCUT2D eigenvalue weighted by molar-refractivity contribution is -0.146. The van der Waals surface area contributed by atoms with Gasteiger partial charge in [0.2, 0.25) is 11.8 Å². The molecule has 1 atom stereocenters. The van der Waals surface area contributed by atoms with Crippen molar-refractivity contribution in [1.29, 1.82) is 0 Å². The minimum Gasteiger partial charge on any atom is -0.300 e. The Hall–Kier alpha value is -2.76. The van der Waals surface area contributed by atoms with Crippen LogP contribution in [0.25, 0.3) is 0 Å². The maximum Gasteiger partial charge on any atom is 0.328 e. The predicted octanol–water partition coefficient (Wildman–Crippen LogP) is 2.07. The van der Waals surface area contributed by atoms with Crippen LogP contribution in [0.4, 0.5) is 4.79 Å².